The number of sulfonamides is 1. The van der Waals surface area contributed by atoms with Crippen molar-refractivity contribution in [3.8, 4) is 5.75 Å². The van der Waals surface area contributed by atoms with Crippen LogP contribution in [0.2, 0.25) is 0 Å². The van der Waals surface area contributed by atoms with Gasteiger partial charge in [-0.2, -0.15) is 4.31 Å². The fraction of sp³-hybridized carbons (Fsp3) is 0.600. The zero-order chi connectivity index (χ0) is 33.6. The molecule has 0 aliphatic carbocycles. The minimum absolute atomic E-state index is 0.0814. The van der Waals surface area contributed by atoms with Crippen LogP contribution in [0.5, 0.6) is 5.75 Å². The number of hydrogen-bond acceptors (Lipinski definition) is 8. The summed E-state index contributed by atoms with van der Waals surface area (Å²) in [5.41, 5.74) is 1.72. The van der Waals surface area contributed by atoms with Crippen molar-refractivity contribution in [1.82, 2.24) is 24.3 Å². The van der Waals surface area contributed by atoms with E-state index < -0.39 is 10.0 Å². The maximum absolute atomic E-state index is 13.9. The number of ether oxygens (including phenoxy) is 2. The first-order valence-electron chi connectivity index (χ1n) is 16.8. The van der Waals surface area contributed by atoms with Gasteiger partial charge in [-0.3, -0.25) is 14.5 Å². The van der Waals surface area contributed by atoms with Crippen molar-refractivity contribution in [2.45, 2.75) is 62.4 Å². The predicted molar refractivity (Wildman–Crippen MR) is 181 cm³/mol. The lowest BCUT2D eigenvalue weighted by Gasteiger charge is -2.51. The molecule has 2 amide bonds. The molecule has 0 saturated carbocycles. The second kappa shape index (κ2) is 15.5. The lowest BCUT2D eigenvalue weighted by molar-refractivity contribution is -0.139. The average molecular weight is 670 g/mol. The number of carbonyl (C=O) groups is 2. The van der Waals surface area contributed by atoms with E-state index in [-0.39, 0.29) is 36.6 Å². The molecule has 3 aliphatic heterocycles. The van der Waals surface area contributed by atoms with Gasteiger partial charge >= 0.3 is 0 Å². The van der Waals surface area contributed by atoms with Gasteiger partial charge in [0.15, 0.2) is 0 Å². The van der Waals surface area contributed by atoms with E-state index in [1.807, 2.05) is 35.2 Å². The summed E-state index contributed by atoms with van der Waals surface area (Å²) in [6, 6.07) is 12.4. The molecule has 1 unspecified atom stereocenters. The lowest BCUT2D eigenvalue weighted by atomic mass is 9.84. The Morgan fingerprint density at radius 2 is 1.60 bits per heavy atom. The molecule has 2 aromatic carbocycles. The van der Waals surface area contributed by atoms with E-state index >= 15 is 0 Å². The molecule has 0 spiro atoms. The molecule has 0 bridgehead atoms. The summed E-state index contributed by atoms with van der Waals surface area (Å²) < 4.78 is 40.6. The summed E-state index contributed by atoms with van der Waals surface area (Å²) in [6.45, 7) is 9.57. The van der Waals surface area contributed by atoms with Crippen molar-refractivity contribution in [3.63, 3.8) is 0 Å². The monoisotopic (exact) mass is 669 g/mol. The number of rotatable bonds is 11. The van der Waals surface area contributed by atoms with Crippen LogP contribution in [0.4, 0.5) is 0 Å². The summed E-state index contributed by atoms with van der Waals surface area (Å²) in [6.07, 6.45) is 3.90. The number of piperidine rings is 2. The van der Waals surface area contributed by atoms with Gasteiger partial charge in [0.1, 0.15) is 12.4 Å². The van der Waals surface area contributed by atoms with E-state index in [4.69, 9.17) is 9.47 Å². The number of nitrogens with one attached hydrogen (secondary N) is 1. The molecule has 11 nitrogen and oxygen atoms in total. The van der Waals surface area contributed by atoms with Gasteiger partial charge < -0.3 is 24.6 Å². The maximum Gasteiger partial charge on any atom is 0.251 e. The predicted octanol–water partition coefficient (Wildman–Crippen LogP) is 2.91. The summed E-state index contributed by atoms with van der Waals surface area (Å²) in [5, 5.41) is 3.19. The highest BCUT2D eigenvalue weighted by Crippen LogP contribution is 2.33. The molecule has 3 heterocycles. The SMILES string of the molecule is COc1cc(C)c(S(=O)(=O)N2CCCCC2COCC(=O)N2CCC(CNC(=O)c3ccccc3)(N3CCN(C)CC3)CC2)c(C)c1. The summed E-state index contributed by atoms with van der Waals surface area (Å²) >= 11 is 0. The van der Waals surface area contributed by atoms with E-state index in [0.717, 1.165) is 51.9 Å². The summed E-state index contributed by atoms with van der Waals surface area (Å²) in [7, 11) is -0.0585. The molecule has 2 aromatic rings. The van der Waals surface area contributed by atoms with Crippen molar-refractivity contribution < 1.29 is 27.5 Å². The van der Waals surface area contributed by atoms with Crippen LogP contribution in [0.1, 0.15) is 53.6 Å². The molecule has 0 radical (unpaired) electrons. The van der Waals surface area contributed by atoms with Crippen LogP contribution in [-0.4, -0.2) is 131 Å². The number of nitrogens with zero attached hydrogens (tertiary/aromatic N) is 4. The van der Waals surface area contributed by atoms with Crippen LogP contribution in [0.25, 0.3) is 0 Å². The quantitative estimate of drug-likeness (QED) is 0.389. The Morgan fingerprint density at radius 3 is 2.23 bits per heavy atom. The third-order valence-electron chi connectivity index (χ3n) is 10.2. The van der Waals surface area contributed by atoms with Gasteiger partial charge in [-0.05, 0) is 82.0 Å². The van der Waals surface area contributed by atoms with Gasteiger partial charge in [-0.25, -0.2) is 8.42 Å². The van der Waals surface area contributed by atoms with Crippen molar-refractivity contribution >= 4 is 21.8 Å². The Morgan fingerprint density at radius 1 is 0.936 bits per heavy atom. The number of piperazine rings is 1. The average Bonchev–Trinajstić information content (AvgIpc) is 3.07. The number of carbonyl (C=O) groups excluding carboxylic acids is 2. The Kier molecular flexibility index (Phi) is 11.6. The van der Waals surface area contributed by atoms with E-state index in [0.29, 0.717) is 59.9 Å². The van der Waals surface area contributed by atoms with E-state index in [1.54, 1.807) is 37.4 Å². The zero-order valence-corrected chi connectivity index (χ0v) is 29.2. The van der Waals surface area contributed by atoms with Gasteiger partial charge in [0.25, 0.3) is 5.91 Å². The maximum atomic E-state index is 13.9. The fourth-order valence-electron chi connectivity index (χ4n) is 7.38. The number of amides is 2. The molecule has 5 rings (SSSR count). The Labute approximate surface area is 280 Å². The standard InChI is InChI=1S/C35H51N5O6S/c1-27-22-31(45-4)23-28(2)33(27)47(43,44)40-15-9-8-12-30(40)24-46-25-32(41)38-16-13-35(14-17-38,39-20-18-37(3)19-21-39)26-36-34(42)29-10-6-5-7-11-29/h5-7,10-11,22-23,30H,8-9,12-21,24-26H2,1-4H3,(H,36,42). The zero-order valence-electron chi connectivity index (χ0n) is 28.4. The van der Waals surface area contributed by atoms with Crippen molar-refractivity contribution in [2.75, 3.05) is 79.7 Å². The lowest BCUT2D eigenvalue weighted by Crippen LogP contribution is -2.64. The highest BCUT2D eigenvalue weighted by Gasteiger charge is 2.42. The highest BCUT2D eigenvalue weighted by molar-refractivity contribution is 7.89. The molecular weight excluding hydrogens is 618 g/mol. The molecule has 47 heavy (non-hydrogen) atoms. The van der Waals surface area contributed by atoms with E-state index in [1.165, 1.54) is 0 Å². The number of likely N-dealkylation sites (tertiary alicyclic amines) is 1. The fourth-order valence-corrected chi connectivity index (χ4v) is 9.47. The van der Waals surface area contributed by atoms with Crippen LogP contribution in [0.3, 0.4) is 0 Å². The molecule has 1 atom stereocenters. The van der Waals surface area contributed by atoms with Gasteiger partial charge in [0.05, 0.1) is 18.6 Å². The molecule has 1 N–H and O–H groups in total. The van der Waals surface area contributed by atoms with Crippen LogP contribution in [0, 0.1) is 13.8 Å². The Bertz CT molecular complexity index is 1460. The molecule has 258 valence electrons. The summed E-state index contributed by atoms with van der Waals surface area (Å²) in [5.74, 6) is 0.464. The normalized spacial score (nSPS) is 21.4. The van der Waals surface area contributed by atoms with Gasteiger partial charge in [0.2, 0.25) is 15.9 Å². The first-order chi connectivity index (χ1) is 22.5. The number of methoxy groups -OCH3 is 1. The van der Waals surface area contributed by atoms with Crippen molar-refractivity contribution in [2.24, 2.45) is 0 Å². The van der Waals surface area contributed by atoms with Crippen molar-refractivity contribution in [3.05, 3.63) is 59.2 Å². The minimum Gasteiger partial charge on any atom is -0.497 e. The van der Waals surface area contributed by atoms with E-state index in [9.17, 15) is 18.0 Å². The first-order valence-corrected chi connectivity index (χ1v) is 18.3. The molecule has 3 aliphatic rings. The van der Waals surface area contributed by atoms with Crippen LogP contribution >= 0.6 is 0 Å². The molecule has 3 saturated heterocycles. The smallest absolute Gasteiger partial charge is 0.251 e. The summed E-state index contributed by atoms with van der Waals surface area (Å²) in [4.78, 5) is 33.3. The second-order valence-corrected chi connectivity index (χ2v) is 15.1. The topological polar surface area (TPSA) is 112 Å². The Hall–Kier alpha value is -3.03. The highest BCUT2D eigenvalue weighted by atomic mass is 32.2. The molecular formula is C35H51N5O6S. The van der Waals surface area contributed by atoms with Crippen molar-refractivity contribution in [1.29, 1.82) is 0 Å². The number of likely N-dealkylation sites (N-methyl/N-ethyl adjacent to an activating group) is 1. The van der Waals surface area contributed by atoms with Crippen LogP contribution in [-0.2, 0) is 19.6 Å². The first kappa shape index (κ1) is 35.3. The van der Waals surface area contributed by atoms with E-state index in [2.05, 4.69) is 22.2 Å². The Balaban J connectivity index is 1.18. The van der Waals surface area contributed by atoms with Crippen LogP contribution < -0.4 is 10.1 Å². The minimum atomic E-state index is -3.76. The molecule has 12 heteroatoms. The largest absolute Gasteiger partial charge is 0.497 e. The van der Waals surface area contributed by atoms with Gasteiger partial charge in [-0.1, -0.05) is 24.6 Å². The van der Waals surface area contributed by atoms with Crippen LogP contribution in [0.15, 0.2) is 47.4 Å². The van der Waals surface area contributed by atoms with Gasteiger partial charge in [-0.15, -0.1) is 0 Å². The van der Waals surface area contributed by atoms with Gasteiger partial charge in [0, 0.05) is 69.5 Å². The third-order valence-corrected chi connectivity index (χ3v) is 12.4. The number of hydrogen-bond donors (Lipinski definition) is 1. The second-order valence-electron chi connectivity index (χ2n) is 13.3. The third kappa shape index (κ3) is 8.17. The number of benzene rings is 2. The molecule has 3 fully saturated rings. The number of aryl methyl sites for hydroxylation is 2. The molecule has 0 aromatic heterocycles.